The van der Waals surface area contributed by atoms with E-state index in [4.69, 9.17) is 0 Å². The van der Waals surface area contributed by atoms with Crippen molar-refractivity contribution in [2.24, 2.45) is 0 Å². The quantitative estimate of drug-likeness (QED) is 0.906. The minimum atomic E-state index is -0.0706. The number of benzene rings is 1. The van der Waals surface area contributed by atoms with Crippen LogP contribution in [0, 0.1) is 0 Å². The van der Waals surface area contributed by atoms with E-state index in [-0.39, 0.29) is 24.4 Å². The Bertz CT molecular complexity index is 564. The minimum absolute atomic E-state index is 0. The van der Waals surface area contributed by atoms with Gasteiger partial charge in [0.2, 0.25) is 5.91 Å². The molecule has 2 aromatic rings. The molecule has 1 atom stereocenters. The molecule has 1 aromatic carbocycles. The van der Waals surface area contributed by atoms with Crippen LogP contribution in [0.15, 0.2) is 36.7 Å². The van der Waals surface area contributed by atoms with Gasteiger partial charge in [0.1, 0.15) is 0 Å². The Morgan fingerprint density at radius 2 is 2.10 bits per heavy atom. The topological polar surface area (TPSA) is 71.8 Å². The van der Waals surface area contributed by atoms with Crippen molar-refractivity contribution >= 4 is 24.0 Å². The molecule has 0 radical (unpaired) electrons. The van der Waals surface area contributed by atoms with Crippen molar-refractivity contribution in [3.05, 3.63) is 36.7 Å². The van der Waals surface area contributed by atoms with Gasteiger partial charge in [0.25, 0.3) is 0 Å². The van der Waals surface area contributed by atoms with Gasteiger partial charge >= 0.3 is 0 Å². The van der Waals surface area contributed by atoms with Crippen molar-refractivity contribution in [2.45, 2.75) is 25.3 Å². The first-order valence-corrected chi connectivity index (χ1v) is 6.84. The zero-order valence-electron chi connectivity index (χ0n) is 11.5. The third-order valence-electron chi connectivity index (χ3n) is 3.45. The first-order valence-electron chi connectivity index (χ1n) is 6.84. The van der Waals surface area contributed by atoms with Crippen LogP contribution in [0.3, 0.4) is 0 Å². The fourth-order valence-electron chi connectivity index (χ4n) is 2.35. The summed E-state index contributed by atoms with van der Waals surface area (Å²) in [5.74, 6) is 0.0400. The van der Waals surface area contributed by atoms with Gasteiger partial charge in [-0.25, -0.2) is 4.68 Å². The molecule has 1 aliphatic heterocycles. The van der Waals surface area contributed by atoms with Crippen LogP contribution in [0.25, 0.3) is 5.69 Å². The van der Waals surface area contributed by atoms with Gasteiger partial charge in [0.15, 0.2) is 0 Å². The number of anilines is 1. The molecule has 1 amide bonds. The molecule has 1 aromatic heterocycles. The number of halogens is 1. The van der Waals surface area contributed by atoms with Crippen LogP contribution < -0.4 is 10.6 Å². The van der Waals surface area contributed by atoms with Crippen LogP contribution >= 0.6 is 12.4 Å². The monoisotopic (exact) mass is 307 g/mol. The molecule has 112 valence electrons. The van der Waals surface area contributed by atoms with E-state index in [1.807, 2.05) is 24.3 Å². The molecule has 0 spiro atoms. The Hall–Kier alpha value is -1.92. The third kappa shape index (κ3) is 3.80. The highest BCUT2D eigenvalue weighted by Crippen LogP contribution is 2.14. The average Bonchev–Trinajstić information content (AvgIpc) is 3.03. The lowest BCUT2D eigenvalue weighted by atomic mass is 10.0. The van der Waals surface area contributed by atoms with Crippen LogP contribution in [0.5, 0.6) is 0 Å². The molecular weight excluding hydrogens is 290 g/mol. The molecule has 0 saturated carbocycles. The summed E-state index contributed by atoms with van der Waals surface area (Å²) in [5, 5.41) is 13.9. The van der Waals surface area contributed by atoms with Gasteiger partial charge in [-0.1, -0.05) is 11.6 Å². The molecule has 1 fully saturated rings. The molecule has 6 nitrogen and oxygen atoms in total. The molecule has 7 heteroatoms. The summed E-state index contributed by atoms with van der Waals surface area (Å²) in [4.78, 5) is 12.1. The second-order valence-electron chi connectivity index (χ2n) is 4.89. The standard InChI is InChI=1S/C14H17N5O.ClH/c20-14(13-3-1-2-8-15-13)17-11-4-6-12(7-5-11)19-10-9-16-18-19;/h4-7,9-10,13,15H,1-3,8H2,(H,17,20);1H. The van der Waals surface area contributed by atoms with Crippen LogP contribution in [-0.4, -0.2) is 33.5 Å². The molecule has 1 unspecified atom stereocenters. The van der Waals surface area contributed by atoms with Crippen LogP contribution in [0.4, 0.5) is 5.69 Å². The summed E-state index contributed by atoms with van der Waals surface area (Å²) >= 11 is 0. The maximum Gasteiger partial charge on any atom is 0.241 e. The number of nitrogens with one attached hydrogen (secondary N) is 2. The van der Waals surface area contributed by atoms with Crippen LogP contribution in [0.2, 0.25) is 0 Å². The number of nitrogens with zero attached hydrogens (tertiary/aromatic N) is 3. The van der Waals surface area contributed by atoms with Crippen molar-refractivity contribution < 1.29 is 4.79 Å². The summed E-state index contributed by atoms with van der Waals surface area (Å²) in [6.07, 6.45) is 6.57. The number of rotatable bonds is 3. The Kier molecular flexibility index (Phi) is 5.30. The van der Waals surface area contributed by atoms with E-state index in [2.05, 4.69) is 20.9 Å². The Labute approximate surface area is 129 Å². The highest BCUT2D eigenvalue weighted by molar-refractivity contribution is 5.94. The van der Waals surface area contributed by atoms with E-state index >= 15 is 0 Å². The molecule has 1 saturated heterocycles. The van der Waals surface area contributed by atoms with E-state index in [0.717, 1.165) is 37.2 Å². The van der Waals surface area contributed by atoms with Crippen molar-refractivity contribution in [3.63, 3.8) is 0 Å². The molecule has 0 aliphatic carbocycles. The first-order chi connectivity index (χ1) is 9.83. The van der Waals surface area contributed by atoms with Gasteiger partial charge in [-0.3, -0.25) is 4.79 Å². The van der Waals surface area contributed by atoms with E-state index in [9.17, 15) is 4.79 Å². The van der Waals surface area contributed by atoms with Gasteiger partial charge in [-0.15, -0.1) is 17.5 Å². The maximum absolute atomic E-state index is 12.1. The molecule has 1 aliphatic rings. The highest BCUT2D eigenvalue weighted by Gasteiger charge is 2.20. The Balaban J connectivity index is 0.00000161. The number of aromatic nitrogens is 3. The SMILES string of the molecule is Cl.O=C(Nc1ccc(-n2ccnn2)cc1)C1CCCCN1. The number of amides is 1. The van der Waals surface area contributed by atoms with E-state index in [1.54, 1.807) is 17.1 Å². The largest absolute Gasteiger partial charge is 0.325 e. The van der Waals surface area contributed by atoms with Gasteiger partial charge in [-0.2, -0.15) is 0 Å². The van der Waals surface area contributed by atoms with Crippen molar-refractivity contribution in [1.29, 1.82) is 0 Å². The molecule has 2 heterocycles. The van der Waals surface area contributed by atoms with Gasteiger partial charge in [0, 0.05) is 5.69 Å². The summed E-state index contributed by atoms with van der Waals surface area (Å²) in [5.41, 5.74) is 1.71. The maximum atomic E-state index is 12.1. The summed E-state index contributed by atoms with van der Waals surface area (Å²) < 4.78 is 1.67. The van der Waals surface area contributed by atoms with E-state index < -0.39 is 0 Å². The number of hydrogen-bond donors (Lipinski definition) is 2. The number of piperidine rings is 1. The Morgan fingerprint density at radius 3 is 2.71 bits per heavy atom. The predicted molar refractivity (Wildman–Crippen MR) is 82.9 cm³/mol. The van der Waals surface area contributed by atoms with E-state index in [0.29, 0.717) is 0 Å². The lowest BCUT2D eigenvalue weighted by molar-refractivity contribution is -0.118. The van der Waals surface area contributed by atoms with Crippen LogP contribution in [0.1, 0.15) is 19.3 Å². The van der Waals surface area contributed by atoms with Crippen molar-refractivity contribution in [1.82, 2.24) is 20.3 Å². The normalized spacial score (nSPS) is 17.8. The average molecular weight is 308 g/mol. The lowest BCUT2D eigenvalue weighted by Gasteiger charge is -2.22. The first kappa shape index (κ1) is 15.5. The molecule has 0 bridgehead atoms. The smallest absolute Gasteiger partial charge is 0.241 e. The lowest BCUT2D eigenvalue weighted by Crippen LogP contribution is -2.43. The number of carbonyl (C=O) groups excluding carboxylic acids is 1. The van der Waals surface area contributed by atoms with Gasteiger partial charge in [-0.05, 0) is 43.7 Å². The summed E-state index contributed by atoms with van der Waals surface area (Å²) in [7, 11) is 0. The van der Waals surface area contributed by atoms with E-state index in [1.165, 1.54) is 0 Å². The van der Waals surface area contributed by atoms with Crippen molar-refractivity contribution in [2.75, 3.05) is 11.9 Å². The third-order valence-corrected chi connectivity index (χ3v) is 3.45. The molecule has 3 rings (SSSR count). The van der Waals surface area contributed by atoms with Gasteiger partial charge < -0.3 is 10.6 Å². The second-order valence-corrected chi connectivity index (χ2v) is 4.89. The summed E-state index contributed by atoms with van der Waals surface area (Å²) in [6, 6.07) is 7.48. The zero-order valence-corrected chi connectivity index (χ0v) is 12.3. The zero-order chi connectivity index (χ0) is 13.8. The molecular formula is C14H18ClN5O. The van der Waals surface area contributed by atoms with Crippen molar-refractivity contribution in [3.8, 4) is 5.69 Å². The molecule has 21 heavy (non-hydrogen) atoms. The van der Waals surface area contributed by atoms with Gasteiger partial charge in [0.05, 0.1) is 24.1 Å². The highest BCUT2D eigenvalue weighted by atomic mass is 35.5. The number of carbonyl (C=O) groups is 1. The second kappa shape index (κ2) is 7.19. The Morgan fingerprint density at radius 1 is 1.29 bits per heavy atom. The number of hydrogen-bond acceptors (Lipinski definition) is 4. The minimum Gasteiger partial charge on any atom is -0.325 e. The molecule has 2 N–H and O–H groups in total. The fraction of sp³-hybridized carbons (Fsp3) is 0.357. The van der Waals surface area contributed by atoms with Crippen LogP contribution in [-0.2, 0) is 4.79 Å². The predicted octanol–water partition coefficient (Wildman–Crippen LogP) is 1.77. The summed E-state index contributed by atoms with van der Waals surface area (Å²) in [6.45, 7) is 0.920. The fourth-order valence-corrected chi connectivity index (χ4v) is 2.35.